The van der Waals surface area contributed by atoms with Gasteiger partial charge in [0.1, 0.15) is 0 Å². The molecule has 2 unspecified atom stereocenters. The predicted molar refractivity (Wildman–Crippen MR) is 99.5 cm³/mol. The van der Waals surface area contributed by atoms with Crippen molar-refractivity contribution in [2.24, 2.45) is 0 Å². The summed E-state index contributed by atoms with van der Waals surface area (Å²) in [5.41, 5.74) is 3.37. The Bertz CT molecular complexity index is 718. The van der Waals surface area contributed by atoms with Crippen LogP contribution in [0.5, 0.6) is 0 Å². The number of nitrogens with one attached hydrogen (secondary N) is 1. The van der Waals surface area contributed by atoms with Crippen LogP contribution < -0.4 is 5.32 Å². The van der Waals surface area contributed by atoms with Crippen molar-refractivity contribution in [3.8, 4) is 0 Å². The molecule has 2 aliphatic carbocycles. The highest BCUT2D eigenvalue weighted by molar-refractivity contribution is 5.26. The SMILES string of the molecule is CC(C)n1ncc2c1CC(NC(c1ccccc1)C1(O)CCC1)CC2. The first kappa shape index (κ1) is 16.8. The number of nitrogens with zero attached hydrogens (tertiary/aromatic N) is 2. The summed E-state index contributed by atoms with van der Waals surface area (Å²) in [6.07, 6.45) is 8.11. The molecule has 2 atom stereocenters. The van der Waals surface area contributed by atoms with Crippen molar-refractivity contribution >= 4 is 0 Å². The number of aliphatic hydroxyl groups is 1. The van der Waals surface area contributed by atoms with E-state index < -0.39 is 5.60 Å². The summed E-state index contributed by atoms with van der Waals surface area (Å²) >= 11 is 0. The van der Waals surface area contributed by atoms with Gasteiger partial charge in [0.25, 0.3) is 0 Å². The summed E-state index contributed by atoms with van der Waals surface area (Å²) in [4.78, 5) is 0. The second-order valence-corrected chi connectivity index (χ2v) is 8.06. The first-order chi connectivity index (χ1) is 12.1. The molecule has 1 heterocycles. The standard InChI is InChI=1S/C21H29N3O/c1-15(2)24-19-13-18(10-9-17(19)14-22-24)23-20(21(25)11-6-12-21)16-7-4-3-5-8-16/h3-5,7-8,14-15,18,20,23,25H,6,9-13H2,1-2H3. The van der Waals surface area contributed by atoms with E-state index in [1.165, 1.54) is 16.8 Å². The van der Waals surface area contributed by atoms with Gasteiger partial charge in [0, 0.05) is 24.2 Å². The van der Waals surface area contributed by atoms with Crippen LogP contribution in [0, 0.1) is 0 Å². The molecule has 4 nitrogen and oxygen atoms in total. The molecule has 0 saturated heterocycles. The van der Waals surface area contributed by atoms with Crippen molar-refractivity contribution in [3.05, 3.63) is 53.3 Å². The van der Waals surface area contributed by atoms with Gasteiger partial charge >= 0.3 is 0 Å². The zero-order valence-electron chi connectivity index (χ0n) is 15.3. The molecule has 4 heteroatoms. The van der Waals surface area contributed by atoms with Gasteiger partial charge in [-0.3, -0.25) is 4.68 Å². The minimum Gasteiger partial charge on any atom is -0.388 e. The summed E-state index contributed by atoms with van der Waals surface area (Å²) < 4.78 is 2.17. The topological polar surface area (TPSA) is 50.1 Å². The highest BCUT2D eigenvalue weighted by atomic mass is 16.3. The molecule has 25 heavy (non-hydrogen) atoms. The summed E-state index contributed by atoms with van der Waals surface area (Å²) in [6.45, 7) is 4.38. The second kappa shape index (κ2) is 6.58. The lowest BCUT2D eigenvalue weighted by Gasteiger charge is -2.45. The number of fused-ring (bicyclic) bond motifs is 1. The van der Waals surface area contributed by atoms with E-state index in [2.05, 4.69) is 53.2 Å². The number of hydrogen-bond acceptors (Lipinski definition) is 3. The molecule has 0 spiro atoms. The Balaban J connectivity index is 1.56. The first-order valence-corrected chi connectivity index (χ1v) is 9.65. The molecule has 134 valence electrons. The first-order valence-electron chi connectivity index (χ1n) is 9.65. The third-order valence-electron chi connectivity index (χ3n) is 5.97. The maximum atomic E-state index is 11.1. The minimum atomic E-state index is -0.597. The lowest BCUT2D eigenvalue weighted by Crippen LogP contribution is -2.52. The van der Waals surface area contributed by atoms with Crippen LogP contribution in [0.1, 0.15) is 68.4 Å². The van der Waals surface area contributed by atoms with Gasteiger partial charge < -0.3 is 10.4 Å². The summed E-state index contributed by atoms with van der Waals surface area (Å²) in [7, 11) is 0. The number of aryl methyl sites for hydroxylation is 1. The largest absolute Gasteiger partial charge is 0.388 e. The van der Waals surface area contributed by atoms with Gasteiger partial charge in [-0.1, -0.05) is 30.3 Å². The van der Waals surface area contributed by atoms with Gasteiger partial charge in [-0.25, -0.2) is 0 Å². The van der Waals surface area contributed by atoms with Crippen LogP contribution in [-0.4, -0.2) is 26.5 Å². The molecule has 1 fully saturated rings. The van der Waals surface area contributed by atoms with E-state index in [-0.39, 0.29) is 6.04 Å². The van der Waals surface area contributed by atoms with E-state index in [1.807, 2.05) is 12.3 Å². The van der Waals surface area contributed by atoms with Crippen LogP contribution in [0.2, 0.25) is 0 Å². The monoisotopic (exact) mass is 339 g/mol. The minimum absolute atomic E-state index is 0.0180. The molecule has 1 aromatic carbocycles. The smallest absolute Gasteiger partial charge is 0.0841 e. The molecular formula is C21H29N3O. The predicted octanol–water partition coefficient (Wildman–Crippen LogP) is 3.57. The lowest BCUT2D eigenvalue weighted by atomic mass is 9.72. The Morgan fingerprint density at radius 2 is 2.00 bits per heavy atom. The zero-order valence-corrected chi connectivity index (χ0v) is 15.3. The van der Waals surface area contributed by atoms with Crippen LogP contribution >= 0.6 is 0 Å². The van der Waals surface area contributed by atoms with E-state index in [0.717, 1.165) is 38.5 Å². The van der Waals surface area contributed by atoms with E-state index >= 15 is 0 Å². The quantitative estimate of drug-likeness (QED) is 0.875. The van der Waals surface area contributed by atoms with Crippen molar-refractivity contribution in [1.82, 2.24) is 15.1 Å². The van der Waals surface area contributed by atoms with Crippen LogP contribution in [0.15, 0.2) is 36.5 Å². The van der Waals surface area contributed by atoms with Gasteiger partial charge in [0.15, 0.2) is 0 Å². The fraction of sp³-hybridized carbons (Fsp3) is 0.571. The van der Waals surface area contributed by atoms with E-state index in [9.17, 15) is 5.11 Å². The van der Waals surface area contributed by atoms with Gasteiger partial charge in [0.2, 0.25) is 0 Å². The second-order valence-electron chi connectivity index (χ2n) is 8.06. The van der Waals surface area contributed by atoms with E-state index in [1.54, 1.807) is 0 Å². The third kappa shape index (κ3) is 3.13. The molecular weight excluding hydrogens is 310 g/mol. The average Bonchev–Trinajstić information content (AvgIpc) is 3.02. The number of rotatable bonds is 5. The van der Waals surface area contributed by atoms with Gasteiger partial charge in [0.05, 0.1) is 17.8 Å². The molecule has 2 aromatic rings. The van der Waals surface area contributed by atoms with Crippen molar-refractivity contribution in [1.29, 1.82) is 0 Å². The molecule has 0 radical (unpaired) electrons. The fourth-order valence-corrected chi connectivity index (χ4v) is 4.38. The fourth-order valence-electron chi connectivity index (χ4n) is 4.38. The normalized spacial score (nSPS) is 23.1. The molecule has 0 amide bonds. The van der Waals surface area contributed by atoms with Crippen molar-refractivity contribution in [2.75, 3.05) is 0 Å². The van der Waals surface area contributed by atoms with Gasteiger partial charge in [-0.05, 0) is 57.1 Å². The van der Waals surface area contributed by atoms with Crippen molar-refractivity contribution < 1.29 is 5.11 Å². The number of hydrogen-bond donors (Lipinski definition) is 2. The summed E-state index contributed by atoms with van der Waals surface area (Å²) in [6, 6.07) is 11.3. The Morgan fingerprint density at radius 3 is 2.64 bits per heavy atom. The lowest BCUT2D eigenvalue weighted by molar-refractivity contribution is -0.0695. The number of benzene rings is 1. The molecule has 2 N–H and O–H groups in total. The molecule has 0 aliphatic heterocycles. The maximum absolute atomic E-state index is 11.1. The highest BCUT2D eigenvalue weighted by Crippen LogP contribution is 2.42. The van der Waals surface area contributed by atoms with Crippen LogP contribution in [-0.2, 0) is 12.8 Å². The molecule has 1 aromatic heterocycles. The van der Waals surface area contributed by atoms with Crippen LogP contribution in [0.25, 0.3) is 0 Å². The maximum Gasteiger partial charge on any atom is 0.0841 e. The Kier molecular flexibility index (Phi) is 4.42. The average molecular weight is 339 g/mol. The molecule has 1 saturated carbocycles. The highest BCUT2D eigenvalue weighted by Gasteiger charge is 2.44. The molecule has 0 bridgehead atoms. The van der Waals surface area contributed by atoms with Crippen LogP contribution in [0.4, 0.5) is 0 Å². The number of aromatic nitrogens is 2. The van der Waals surface area contributed by atoms with Gasteiger partial charge in [-0.2, -0.15) is 5.10 Å². The van der Waals surface area contributed by atoms with Gasteiger partial charge in [-0.15, -0.1) is 0 Å². The van der Waals surface area contributed by atoms with E-state index in [4.69, 9.17) is 0 Å². The summed E-state index contributed by atoms with van der Waals surface area (Å²) in [5.74, 6) is 0. The van der Waals surface area contributed by atoms with Crippen molar-refractivity contribution in [3.63, 3.8) is 0 Å². The van der Waals surface area contributed by atoms with Crippen LogP contribution in [0.3, 0.4) is 0 Å². The Labute approximate surface area is 150 Å². The zero-order chi connectivity index (χ0) is 17.4. The Morgan fingerprint density at radius 1 is 1.24 bits per heavy atom. The Hall–Kier alpha value is -1.65. The molecule has 2 aliphatic rings. The third-order valence-corrected chi connectivity index (χ3v) is 5.97. The van der Waals surface area contributed by atoms with Crippen molar-refractivity contribution in [2.45, 2.75) is 76.1 Å². The summed E-state index contributed by atoms with van der Waals surface area (Å²) in [5, 5.41) is 19.5. The van der Waals surface area contributed by atoms with E-state index in [0.29, 0.717) is 12.1 Å². The molecule has 4 rings (SSSR count).